The van der Waals surface area contributed by atoms with Gasteiger partial charge in [-0.15, -0.1) is 11.3 Å². The first kappa shape index (κ1) is 18.9. The highest BCUT2D eigenvalue weighted by Crippen LogP contribution is 2.22. The number of hydrogen-bond acceptors (Lipinski definition) is 6. The molecule has 1 atom stereocenters. The van der Waals surface area contributed by atoms with Gasteiger partial charge in [0.05, 0.1) is 24.3 Å². The number of aromatic nitrogens is 1. The maximum atomic E-state index is 13.3. The van der Waals surface area contributed by atoms with Crippen molar-refractivity contribution in [2.75, 3.05) is 39.4 Å². The first-order valence-electron chi connectivity index (χ1n) is 8.67. The molecule has 1 amide bonds. The topological polar surface area (TPSA) is 80.5 Å². The highest BCUT2D eigenvalue weighted by Gasteiger charge is 2.24. The van der Waals surface area contributed by atoms with E-state index in [0.717, 1.165) is 23.7 Å². The van der Waals surface area contributed by atoms with Crippen LogP contribution in [0.3, 0.4) is 0 Å². The number of rotatable bonds is 7. The summed E-state index contributed by atoms with van der Waals surface area (Å²) in [6.07, 6.45) is 0.671. The van der Waals surface area contributed by atoms with Crippen molar-refractivity contribution in [3.63, 3.8) is 0 Å². The van der Waals surface area contributed by atoms with Gasteiger partial charge in [0.2, 0.25) is 0 Å². The van der Waals surface area contributed by atoms with E-state index in [1.54, 1.807) is 17.5 Å². The number of morpholine rings is 1. The van der Waals surface area contributed by atoms with Gasteiger partial charge in [0.25, 0.3) is 5.91 Å². The van der Waals surface area contributed by atoms with Gasteiger partial charge in [0, 0.05) is 31.4 Å². The maximum Gasteiger partial charge on any atom is 0.270 e. The summed E-state index contributed by atoms with van der Waals surface area (Å²) in [5, 5.41) is 5.58. The number of thiazole rings is 1. The van der Waals surface area contributed by atoms with Gasteiger partial charge in [0.15, 0.2) is 0 Å². The van der Waals surface area contributed by atoms with Crippen LogP contribution in [-0.2, 0) is 11.2 Å². The molecule has 6 nitrogen and oxygen atoms in total. The summed E-state index contributed by atoms with van der Waals surface area (Å²) >= 11 is 1.44. The minimum Gasteiger partial charge on any atom is -0.379 e. The van der Waals surface area contributed by atoms with E-state index in [-0.39, 0.29) is 17.8 Å². The Hall–Kier alpha value is -1.87. The smallest absolute Gasteiger partial charge is 0.270 e. The minimum absolute atomic E-state index is 0.0365. The Kier molecular flexibility index (Phi) is 6.67. The Bertz CT molecular complexity index is 716. The van der Waals surface area contributed by atoms with Crippen LogP contribution in [0.1, 0.15) is 27.1 Å². The third-order valence-corrected chi connectivity index (χ3v) is 5.25. The Balaban J connectivity index is 1.68. The van der Waals surface area contributed by atoms with E-state index in [1.165, 1.54) is 23.5 Å². The molecular weight excluding hydrogens is 355 g/mol. The van der Waals surface area contributed by atoms with Crippen molar-refractivity contribution in [2.24, 2.45) is 5.73 Å². The molecule has 0 bridgehead atoms. The lowest BCUT2D eigenvalue weighted by molar-refractivity contribution is 0.0162. The zero-order valence-electron chi connectivity index (χ0n) is 14.5. The molecule has 1 fully saturated rings. The number of carbonyl (C=O) groups excluding carboxylic acids is 1. The Morgan fingerprint density at radius 2 is 2.08 bits per heavy atom. The van der Waals surface area contributed by atoms with E-state index in [4.69, 9.17) is 10.5 Å². The van der Waals surface area contributed by atoms with E-state index in [0.29, 0.717) is 38.4 Å². The van der Waals surface area contributed by atoms with Crippen molar-refractivity contribution in [2.45, 2.75) is 12.5 Å². The van der Waals surface area contributed by atoms with Gasteiger partial charge in [-0.1, -0.05) is 12.1 Å². The molecule has 1 aromatic carbocycles. The van der Waals surface area contributed by atoms with Crippen LogP contribution < -0.4 is 11.1 Å². The zero-order chi connectivity index (χ0) is 18.4. The molecular formula is C18H23FN4O2S. The fourth-order valence-corrected chi connectivity index (χ4v) is 3.76. The molecule has 0 radical (unpaired) electrons. The second-order valence-electron chi connectivity index (χ2n) is 6.09. The summed E-state index contributed by atoms with van der Waals surface area (Å²) in [7, 11) is 0. The molecule has 140 valence electrons. The van der Waals surface area contributed by atoms with Gasteiger partial charge in [-0.3, -0.25) is 9.69 Å². The van der Waals surface area contributed by atoms with Crippen LogP contribution in [0.4, 0.5) is 4.39 Å². The van der Waals surface area contributed by atoms with Crippen LogP contribution in [0, 0.1) is 5.82 Å². The van der Waals surface area contributed by atoms with Gasteiger partial charge < -0.3 is 15.8 Å². The molecule has 26 heavy (non-hydrogen) atoms. The van der Waals surface area contributed by atoms with Crippen molar-refractivity contribution in [3.05, 3.63) is 51.7 Å². The lowest BCUT2D eigenvalue weighted by Crippen LogP contribution is -2.43. The predicted molar refractivity (Wildman–Crippen MR) is 98.7 cm³/mol. The SMILES string of the molecule is NCCc1nc(C(=O)NCC(c2ccc(F)cc2)N2CCOCC2)cs1. The van der Waals surface area contributed by atoms with Crippen LogP contribution in [0.5, 0.6) is 0 Å². The Morgan fingerprint density at radius 3 is 2.77 bits per heavy atom. The quantitative estimate of drug-likeness (QED) is 0.765. The predicted octanol–water partition coefficient (Wildman–Crippen LogP) is 1.59. The summed E-state index contributed by atoms with van der Waals surface area (Å²) in [5.41, 5.74) is 6.91. The van der Waals surface area contributed by atoms with Crippen molar-refractivity contribution < 1.29 is 13.9 Å². The Labute approximate surface area is 156 Å². The first-order valence-corrected chi connectivity index (χ1v) is 9.55. The van der Waals surface area contributed by atoms with Crippen molar-refractivity contribution in [1.29, 1.82) is 0 Å². The molecule has 2 aromatic rings. The van der Waals surface area contributed by atoms with Crippen LogP contribution in [0.25, 0.3) is 0 Å². The van der Waals surface area contributed by atoms with Crippen LogP contribution in [-0.4, -0.2) is 55.2 Å². The molecule has 1 aliphatic rings. The van der Waals surface area contributed by atoms with Gasteiger partial charge >= 0.3 is 0 Å². The summed E-state index contributed by atoms with van der Waals surface area (Å²) in [5.74, 6) is -0.474. The molecule has 1 saturated heterocycles. The maximum absolute atomic E-state index is 13.3. The largest absolute Gasteiger partial charge is 0.379 e. The zero-order valence-corrected chi connectivity index (χ0v) is 15.3. The molecule has 0 spiro atoms. The van der Waals surface area contributed by atoms with Crippen molar-refractivity contribution >= 4 is 17.2 Å². The third-order valence-electron chi connectivity index (χ3n) is 4.34. The molecule has 0 aliphatic carbocycles. The number of halogens is 1. The lowest BCUT2D eigenvalue weighted by atomic mass is 10.0. The van der Waals surface area contributed by atoms with E-state index in [2.05, 4.69) is 15.2 Å². The number of hydrogen-bond donors (Lipinski definition) is 2. The van der Waals surface area contributed by atoms with Gasteiger partial charge in [-0.2, -0.15) is 0 Å². The highest BCUT2D eigenvalue weighted by atomic mass is 32.1. The molecule has 8 heteroatoms. The molecule has 3 rings (SSSR count). The second-order valence-corrected chi connectivity index (χ2v) is 7.03. The van der Waals surface area contributed by atoms with Crippen LogP contribution >= 0.6 is 11.3 Å². The first-order chi connectivity index (χ1) is 12.7. The summed E-state index contributed by atoms with van der Waals surface area (Å²) in [6, 6.07) is 6.40. The minimum atomic E-state index is -0.270. The molecule has 2 heterocycles. The van der Waals surface area contributed by atoms with Crippen molar-refractivity contribution in [1.82, 2.24) is 15.2 Å². The van der Waals surface area contributed by atoms with Gasteiger partial charge in [0.1, 0.15) is 11.5 Å². The molecule has 1 aliphatic heterocycles. The van der Waals surface area contributed by atoms with Gasteiger partial charge in [-0.05, 0) is 24.2 Å². The number of carbonyl (C=O) groups is 1. The number of amides is 1. The van der Waals surface area contributed by atoms with E-state index < -0.39 is 0 Å². The average Bonchev–Trinajstić information content (AvgIpc) is 3.13. The normalized spacial score (nSPS) is 16.4. The standard InChI is InChI=1S/C18H23FN4O2S/c19-14-3-1-13(2-4-14)16(23-7-9-25-10-8-23)11-21-18(24)15-12-26-17(22-15)5-6-20/h1-4,12,16H,5-11,20H2,(H,21,24). The van der Waals surface area contributed by atoms with E-state index >= 15 is 0 Å². The second kappa shape index (κ2) is 9.18. The number of ether oxygens (including phenoxy) is 1. The van der Waals surface area contributed by atoms with E-state index in [1.807, 2.05) is 0 Å². The summed E-state index contributed by atoms with van der Waals surface area (Å²) in [6.45, 7) is 3.79. The third kappa shape index (κ3) is 4.85. The fraction of sp³-hybridized carbons (Fsp3) is 0.444. The summed E-state index contributed by atoms with van der Waals surface area (Å²) < 4.78 is 18.7. The number of benzene rings is 1. The van der Waals surface area contributed by atoms with Crippen LogP contribution in [0.15, 0.2) is 29.6 Å². The number of nitrogens with one attached hydrogen (secondary N) is 1. The van der Waals surface area contributed by atoms with E-state index in [9.17, 15) is 9.18 Å². The van der Waals surface area contributed by atoms with Gasteiger partial charge in [-0.25, -0.2) is 9.37 Å². The highest BCUT2D eigenvalue weighted by molar-refractivity contribution is 7.09. The average molecular weight is 378 g/mol. The Morgan fingerprint density at radius 1 is 1.35 bits per heavy atom. The number of nitrogens with zero attached hydrogens (tertiary/aromatic N) is 2. The summed E-state index contributed by atoms with van der Waals surface area (Å²) in [4.78, 5) is 19.0. The molecule has 1 unspecified atom stereocenters. The van der Waals surface area contributed by atoms with Crippen LogP contribution in [0.2, 0.25) is 0 Å². The molecule has 1 aromatic heterocycles. The number of nitrogens with two attached hydrogens (primary N) is 1. The molecule has 3 N–H and O–H groups in total. The molecule has 0 saturated carbocycles. The van der Waals surface area contributed by atoms with Crippen molar-refractivity contribution in [3.8, 4) is 0 Å². The lowest BCUT2D eigenvalue weighted by Gasteiger charge is -2.34. The fourth-order valence-electron chi connectivity index (χ4n) is 2.97. The monoisotopic (exact) mass is 378 g/mol.